The van der Waals surface area contributed by atoms with Crippen LogP contribution in [0.15, 0.2) is 48.8 Å². The molecule has 0 fully saturated rings. The maximum atomic E-state index is 7.50. The van der Waals surface area contributed by atoms with Crippen molar-refractivity contribution in [3.63, 3.8) is 0 Å². The van der Waals surface area contributed by atoms with Crippen molar-refractivity contribution < 1.29 is 32.1 Å². The second-order valence-electron chi connectivity index (χ2n) is 2.43. The minimum atomic E-state index is 0.915. The first-order valence-electron chi connectivity index (χ1n) is 4.55. The number of pyridine rings is 2. The zero-order chi connectivity index (χ0) is 16.2. The Morgan fingerprint density at radius 1 is 0.700 bits per heavy atom. The monoisotopic (exact) mass is 462 g/mol. The van der Waals surface area contributed by atoms with E-state index in [2.05, 4.69) is 29.9 Å². The minimum Gasteiger partial charge on any atom is -0.255 e. The Morgan fingerprint density at radius 3 is 1.20 bits per heavy atom. The molecule has 0 amide bonds. The summed E-state index contributed by atoms with van der Waals surface area (Å²) in [5.41, 5.74) is 1.83. The average molecular weight is 462 g/mol. The molecule has 0 aliphatic carbocycles. The van der Waals surface area contributed by atoms with E-state index in [9.17, 15) is 0 Å². The van der Waals surface area contributed by atoms with E-state index in [1.807, 2.05) is 36.4 Å². The zero-order valence-electron chi connectivity index (χ0n) is 9.99. The molecule has 0 atom stereocenters. The van der Waals surface area contributed by atoms with Crippen molar-refractivity contribution in [1.29, 1.82) is 0 Å². The molecule has 0 saturated carbocycles. The molecule has 0 saturated heterocycles. The van der Waals surface area contributed by atoms with Crippen molar-refractivity contribution in [2.75, 3.05) is 0 Å². The Morgan fingerprint density at radius 2 is 1.00 bits per heavy atom. The van der Waals surface area contributed by atoms with Crippen molar-refractivity contribution >= 4 is 9.53 Å². The third-order valence-corrected chi connectivity index (χ3v) is 1.59. The Balaban J connectivity index is -0.000000314. The molecule has 0 aliphatic heterocycles. The van der Waals surface area contributed by atoms with E-state index in [1.165, 1.54) is 18.2 Å². The molecule has 0 radical (unpaired) electrons. The first-order valence-corrected chi connectivity index (χ1v) is 7.91. The van der Waals surface area contributed by atoms with E-state index in [1.54, 1.807) is 12.4 Å². The van der Waals surface area contributed by atoms with Crippen LogP contribution in [0.4, 0.5) is 0 Å². The molecule has 7 heteroatoms. The number of rotatable bonds is 1. The van der Waals surface area contributed by atoms with Crippen molar-refractivity contribution in [2.24, 2.45) is 0 Å². The Kier molecular flexibility index (Phi) is 26.7. The summed E-state index contributed by atoms with van der Waals surface area (Å²) < 4.78 is 22.5. The fourth-order valence-corrected chi connectivity index (χ4v) is 1.03. The van der Waals surface area contributed by atoms with Gasteiger partial charge in [-0.1, -0.05) is 12.1 Å². The minimum absolute atomic E-state index is 0.915. The summed E-state index contributed by atoms with van der Waals surface area (Å²) in [6.07, 6.45) is 3.54. The second-order valence-corrected chi connectivity index (χ2v) is 2.43. The topological polar surface area (TPSA) is 85.5 Å². The van der Waals surface area contributed by atoms with Gasteiger partial charge in [-0.25, -0.2) is 0 Å². The van der Waals surface area contributed by atoms with Gasteiger partial charge in [0.25, 0.3) is 0 Å². The number of hydrogen-bond donors (Lipinski definition) is 0. The fourth-order valence-electron chi connectivity index (χ4n) is 1.03. The molecule has 0 unspecified atom stereocenters. The van der Waals surface area contributed by atoms with E-state index in [4.69, 9.17) is 23.5 Å². The van der Waals surface area contributed by atoms with Gasteiger partial charge in [0.2, 0.25) is 0 Å². The van der Waals surface area contributed by atoms with Gasteiger partial charge in [-0.2, -0.15) is 0 Å². The maximum absolute atomic E-state index is 7.50. The van der Waals surface area contributed by atoms with Crippen molar-refractivity contribution in [3.05, 3.63) is 68.7 Å². The summed E-state index contributed by atoms with van der Waals surface area (Å²) in [7, 11) is 4.69. The zero-order valence-corrected chi connectivity index (χ0v) is 13.5. The third-order valence-electron chi connectivity index (χ3n) is 1.59. The van der Waals surface area contributed by atoms with Gasteiger partial charge in [0.05, 0.1) is 11.4 Å². The van der Waals surface area contributed by atoms with Crippen LogP contribution in [0, 0.1) is 20.0 Å². The fraction of sp³-hybridized carbons (Fsp3) is 0. The van der Waals surface area contributed by atoms with Crippen LogP contribution in [-0.4, -0.2) is 9.97 Å². The number of nitrogens with zero attached hydrogens (tertiary/aromatic N) is 2. The summed E-state index contributed by atoms with van der Waals surface area (Å²) >= 11 is 1.19. The van der Waals surface area contributed by atoms with E-state index in [0.29, 0.717) is 0 Å². The normalized spacial score (nSPS) is 6.40. The van der Waals surface area contributed by atoms with E-state index < -0.39 is 0 Å². The van der Waals surface area contributed by atoms with Crippen LogP contribution in [0.3, 0.4) is 0 Å². The van der Waals surface area contributed by atoms with Crippen molar-refractivity contribution in [1.82, 2.24) is 9.97 Å². The van der Waals surface area contributed by atoms with Crippen molar-refractivity contribution in [2.45, 2.75) is 0 Å². The maximum Gasteiger partial charge on any atom is 0.0886 e. The van der Waals surface area contributed by atoms with Gasteiger partial charge in [-0.3, -0.25) is 9.97 Å². The standard InChI is InChI=1S/C10H8N2.3CO.ClH.Re/c1-3-7-11-9(5-1)10-6-2-4-8-12-10;3*1-2;;/h1-8H;;;;1H;/q;;;;;+1/p-1. The first-order chi connectivity index (χ1) is 9.97. The molecule has 102 valence electrons. The summed E-state index contributed by atoms with van der Waals surface area (Å²) in [4.78, 5) is 8.37. The van der Waals surface area contributed by atoms with Crippen LogP contribution in [-0.2, 0) is 32.1 Å². The largest absolute Gasteiger partial charge is 0.255 e. The van der Waals surface area contributed by atoms with E-state index in [0.717, 1.165) is 11.4 Å². The first kappa shape index (κ1) is 23.6. The quantitative estimate of drug-likeness (QED) is 0.483. The number of aromatic nitrogens is 2. The molecule has 0 bridgehead atoms. The molecule has 0 aliphatic rings. The molecule has 2 aromatic heterocycles. The number of hydrogen-bond acceptors (Lipinski definition) is 2. The Labute approximate surface area is 131 Å². The van der Waals surface area contributed by atoms with Gasteiger partial charge in [0.1, 0.15) is 0 Å². The van der Waals surface area contributed by atoms with Crippen LogP contribution in [0.5, 0.6) is 0 Å². The molecule has 2 rings (SSSR count). The van der Waals surface area contributed by atoms with Crippen LogP contribution >= 0.6 is 9.53 Å². The van der Waals surface area contributed by atoms with Gasteiger partial charge in [0.15, 0.2) is 0 Å². The summed E-state index contributed by atoms with van der Waals surface area (Å²) in [6, 6.07) is 11.6. The predicted octanol–water partition coefficient (Wildman–Crippen LogP) is 2.72. The van der Waals surface area contributed by atoms with Crippen LogP contribution < -0.4 is 0 Å². The molecule has 0 N–H and O–H groups in total. The summed E-state index contributed by atoms with van der Waals surface area (Å²) in [5.74, 6) is 0. The van der Waals surface area contributed by atoms with E-state index in [-0.39, 0.29) is 0 Å². The third kappa shape index (κ3) is 11.6. The smallest absolute Gasteiger partial charge is 0.0886 e. The average Bonchev–Trinajstić information content (AvgIpc) is 2.63. The summed E-state index contributed by atoms with van der Waals surface area (Å²) in [6.45, 7) is 13.5. The molecular formula is C13H8ClN2O3Re. The van der Waals surface area contributed by atoms with Gasteiger partial charge in [-0.05, 0) is 24.3 Å². The SMILES string of the molecule is [C-]#[O+].[C-]#[O+].[C-]#[O+].[Cl][Re].c1ccc(-c2ccccn2)nc1. The van der Waals surface area contributed by atoms with Crippen LogP contribution in [0.1, 0.15) is 0 Å². The summed E-state index contributed by atoms with van der Waals surface area (Å²) in [5, 5.41) is 0. The molecule has 0 spiro atoms. The Bertz CT molecular complexity index is 423. The van der Waals surface area contributed by atoms with Gasteiger partial charge < -0.3 is 0 Å². The van der Waals surface area contributed by atoms with Crippen LogP contribution in [0.2, 0.25) is 0 Å². The van der Waals surface area contributed by atoms with Gasteiger partial charge in [0, 0.05) is 12.4 Å². The second kappa shape index (κ2) is 22.6. The Hall–Kier alpha value is -1.53. The van der Waals surface area contributed by atoms with Gasteiger partial charge >= 0.3 is 61.6 Å². The van der Waals surface area contributed by atoms with E-state index >= 15 is 0 Å². The molecule has 5 nitrogen and oxygen atoms in total. The molecule has 2 heterocycles. The van der Waals surface area contributed by atoms with Crippen LogP contribution in [0.25, 0.3) is 11.4 Å². The molecule has 20 heavy (non-hydrogen) atoms. The molecular weight excluding hydrogens is 454 g/mol. The molecule has 0 aromatic carbocycles. The van der Waals surface area contributed by atoms with Gasteiger partial charge in [-0.15, -0.1) is 0 Å². The predicted molar refractivity (Wildman–Crippen MR) is 65.1 cm³/mol. The van der Waals surface area contributed by atoms with Crippen molar-refractivity contribution in [3.8, 4) is 11.4 Å². The molecule has 2 aromatic rings. The number of halogens is 1.